The molecule has 1 aromatic rings. The minimum Gasteiger partial charge on any atom is -0.481 e. The van der Waals surface area contributed by atoms with Crippen LogP contribution in [0.15, 0.2) is 30.3 Å². The number of hydrogen-bond donors (Lipinski definition) is 1. The number of amides is 1. The molecule has 0 radical (unpaired) electrons. The molecule has 1 N–H and O–H groups in total. The molecule has 3 aliphatic rings. The molecule has 6 heteroatoms. The summed E-state index contributed by atoms with van der Waals surface area (Å²) < 4.78 is 5.81. The Morgan fingerprint density at radius 2 is 1.75 bits per heavy atom. The highest BCUT2D eigenvalue weighted by molar-refractivity contribution is 5.74. The van der Waals surface area contributed by atoms with Gasteiger partial charge in [-0.15, -0.1) is 0 Å². The fourth-order valence-electron chi connectivity index (χ4n) is 5.02. The Bertz CT molecular complexity index is 835. The Hall–Kier alpha value is -2.08. The highest BCUT2D eigenvalue weighted by Crippen LogP contribution is 2.52. The van der Waals surface area contributed by atoms with Gasteiger partial charge in [-0.2, -0.15) is 0 Å². The van der Waals surface area contributed by atoms with Gasteiger partial charge < -0.3 is 19.6 Å². The molecule has 6 nitrogen and oxygen atoms in total. The Labute approximate surface area is 191 Å². The Morgan fingerprint density at radius 3 is 2.28 bits per heavy atom. The Balaban J connectivity index is 1.42. The highest BCUT2D eigenvalue weighted by atomic mass is 16.6. The van der Waals surface area contributed by atoms with Gasteiger partial charge in [-0.25, -0.2) is 4.79 Å². The summed E-state index contributed by atoms with van der Waals surface area (Å²) in [7, 11) is 0. The van der Waals surface area contributed by atoms with Crippen molar-refractivity contribution in [3.8, 4) is 0 Å². The number of carboxylic acids is 1. The van der Waals surface area contributed by atoms with E-state index in [2.05, 4.69) is 29.2 Å². The number of aliphatic carboxylic acids is 1. The maximum Gasteiger partial charge on any atom is 0.410 e. The normalized spacial score (nSPS) is 26.2. The third-order valence-electron chi connectivity index (χ3n) is 7.51. The molecular weight excluding hydrogens is 404 g/mol. The number of rotatable bonds is 7. The van der Waals surface area contributed by atoms with Gasteiger partial charge in [0.05, 0.1) is 5.41 Å². The van der Waals surface area contributed by atoms with Crippen molar-refractivity contribution in [1.29, 1.82) is 0 Å². The molecule has 32 heavy (non-hydrogen) atoms. The maximum absolute atomic E-state index is 13.2. The first kappa shape index (κ1) is 23.1. The molecule has 0 unspecified atom stereocenters. The van der Waals surface area contributed by atoms with Gasteiger partial charge in [0.1, 0.15) is 5.60 Å². The number of hydrogen-bond acceptors (Lipinski definition) is 4. The van der Waals surface area contributed by atoms with Crippen LogP contribution in [0.1, 0.15) is 71.3 Å². The lowest BCUT2D eigenvalue weighted by Crippen LogP contribution is -2.48. The summed E-state index contributed by atoms with van der Waals surface area (Å²) in [6.45, 7) is 10.9. The second kappa shape index (κ2) is 8.36. The van der Waals surface area contributed by atoms with Crippen LogP contribution in [-0.4, -0.2) is 64.8 Å². The van der Waals surface area contributed by atoms with E-state index >= 15 is 0 Å². The number of likely N-dealkylation sites (tertiary alicyclic amines) is 1. The molecular formula is C26H38N2O4. The maximum atomic E-state index is 13.2. The standard InChI is InChI=1S/C26H38N2O4/c1-24(2,3)32-23(31)28(21-16-20(21)19-8-6-5-7-9-19)18-26(10-11-26)17-27-14-12-25(4,13-15-27)22(29)30/h5-9,20-21H,10-18H2,1-4H3,(H,29,30)/t20-,21+/m1/s1. The predicted octanol–water partition coefficient (Wildman–Crippen LogP) is 4.75. The van der Waals surface area contributed by atoms with Crippen molar-refractivity contribution in [1.82, 2.24) is 9.80 Å². The minimum atomic E-state index is -0.685. The van der Waals surface area contributed by atoms with Crippen LogP contribution in [0, 0.1) is 10.8 Å². The van der Waals surface area contributed by atoms with Gasteiger partial charge in [-0.05, 0) is 78.5 Å². The second-order valence-electron chi connectivity index (χ2n) is 11.6. The lowest BCUT2D eigenvalue weighted by atomic mass is 9.80. The zero-order valence-electron chi connectivity index (χ0n) is 20.0. The molecule has 4 rings (SSSR count). The first-order chi connectivity index (χ1) is 15.0. The average Bonchev–Trinajstić information content (AvgIpc) is 3.64. The summed E-state index contributed by atoms with van der Waals surface area (Å²) >= 11 is 0. The van der Waals surface area contributed by atoms with Crippen molar-refractivity contribution < 1.29 is 19.4 Å². The number of carbonyl (C=O) groups excluding carboxylic acids is 1. The minimum absolute atomic E-state index is 0.109. The summed E-state index contributed by atoms with van der Waals surface area (Å²) in [6, 6.07) is 10.6. The molecule has 0 spiro atoms. The largest absolute Gasteiger partial charge is 0.481 e. The molecule has 0 aromatic heterocycles. The molecule has 176 valence electrons. The SMILES string of the molecule is CC(C)(C)OC(=O)N(CC1(CN2CCC(C)(C(=O)O)CC2)CC1)[C@H]1C[C@@H]1c1ccccc1. The van der Waals surface area contributed by atoms with Crippen LogP contribution in [0.4, 0.5) is 4.79 Å². The quantitative estimate of drug-likeness (QED) is 0.660. The zero-order chi connectivity index (χ0) is 23.1. The van der Waals surface area contributed by atoms with Gasteiger partial charge >= 0.3 is 12.1 Å². The van der Waals surface area contributed by atoms with E-state index in [1.165, 1.54) is 5.56 Å². The third-order valence-corrected chi connectivity index (χ3v) is 7.51. The molecule has 2 saturated carbocycles. The molecule has 2 atom stereocenters. The van der Waals surface area contributed by atoms with Crippen molar-refractivity contribution in [2.75, 3.05) is 26.2 Å². The van der Waals surface area contributed by atoms with Crippen molar-refractivity contribution in [3.05, 3.63) is 35.9 Å². The molecule has 1 amide bonds. The summed E-state index contributed by atoms with van der Waals surface area (Å²) in [5.41, 5.74) is 0.279. The van der Waals surface area contributed by atoms with Crippen molar-refractivity contribution in [2.24, 2.45) is 10.8 Å². The molecule has 1 saturated heterocycles. The number of nitrogens with zero attached hydrogens (tertiary/aromatic N) is 2. The van der Waals surface area contributed by atoms with Gasteiger partial charge in [0.15, 0.2) is 0 Å². The van der Waals surface area contributed by atoms with E-state index in [9.17, 15) is 14.7 Å². The van der Waals surface area contributed by atoms with E-state index < -0.39 is 17.0 Å². The number of carboxylic acid groups (broad SMARTS) is 1. The second-order valence-corrected chi connectivity index (χ2v) is 11.6. The van der Waals surface area contributed by atoms with Crippen LogP contribution in [0.3, 0.4) is 0 Å². The summed E-state index contributed by atoms with van der Waals surface area (Å²) in [5, 5.41) is 9.51. The smallest absolute Gasteiger partial charge is 0.410 e. The van der Waals surface area contributed by atoms with E-state index in [1.807, 2.05) is 38.7 Å². The fourth-order valence-corrected chi connectivity index (χ4v) is 5.02. The lowest BCUT2D eigenvalue weighted by Gasteiger charge is -2.39. The lowest BCUT2D eigenvalue weighted by molar-refractivity contribution is -0.150. The average molecular weight is 443 g/mol. The number of ether oxygens (including phenoxy) is 1. The van der Waals surface area contributed by atoms with Crippen molar-refractivity contribution in [3.63, 3.8) is 0 Å². The predicted molar refractivity (Wildman–Crippen MR) is 124 cm³/mol. The molecule has 1 heterocycles. The highest BCUT2D eigenvalue weighted by Gasteiger charge is 2.53. The van der Waals surface area contributed by atoms with Crippen LogP contribution in [0.5, 0.6) is 0 Å². The summed E-state index contributed by atoms with van der Waals surface area (Å²) in [4.78, 5) is 29.2. The van der Waals surface area contributed by atoms with Crippen molar-refractivity contribution in [2.45, 2.75) is 77.4 Å². The van der Waals surface area contributed by atoms with Crippen LogP contribution >= 0.6 is 0 Å². The number of carbonyl (C=O) groups is 2. The van der Waals surface area contributed by atoms with E-state index in [-0.39, 0.29) is 17.6 Å². The Kier molecular flexibility index (Phi) is 6.03. The van der Waals surface area contributed by atoms with Gasteiger partial charge in [0, 0.05) is 30.5 Å². The molecule has 1 aliphatic heterocycles. The monoisotopic (exact) mass is 442 g/mol. The third kappa shape index (κ3) is 5.28. The van der Waals surface area contributed by atoms with E-state index in [0.717, 1.165) is 45.4 Å². The summed E-state index contributed by atoms with van der Waals surface area (Å²) in [6.07, 6.45) is 4.38. The van der Waals surface area contributed by atoms with Crippen LogP contribution in [-0.2, 0) is 9.53 Å². The molecule has 0 bridgehead atoms. The number of benzene rings is 1. The van der Waals surface area contributed by atoms with Gasteiger partial charge in [0.2, 0.25) is 0 Å². The number of piperidine rings is 1. The molecule has 2 aliphatic carbocycles. The fraction of sp³-hybridized carbons (Fsp3) is 0.692. The Morgan fingerprint density at radius 1 is 1.12 bits per heavy atom. The van der Waals surface area contributed by atoms with Gasteiger partial charge in [0.25, 0.3) is 0 Å². The van der Waals surface area contributed by atoms with E-state index in [4.69, 9.17) is 4.74 Å². The first-order valence-corrected chi connectivity index (χ1v) is 12.0. The van der Waals surface area contributed by atoms with Crippen molar-refractivity contribution >= 4 is 12.1 Å². The topological polar surface area (TPSA) is 70.1 Å². The van der Waals surface area contributed by atoms with E-state index in [1.54, 1.807) is 0 Å². The molecule has 3 fully saturated rings. The van der Waals surface area contributed by atoms with Crippen LogP contribution in [0.2, 0.25) is 0 Å². The van der Waals surface area contributed by atoms with Crippen LogP contribution in [0.25, 0.3) is 0 Å². The summed E-state index contributed by atoms with van der Waals surface area (Å²) in [5.74, 6) is -0.305. The molecule has 1 aromatic carbocycles. The zero-order valence-corrected chi connectivity index (χ0v) is 20.0. The van der Waals surface area contributed by atoms with Gasteiger partial charge in [-0.3, -0.25) is 4.79 Å². The van der Waals surface area contributed by atoms with Gasteiger partial charge in [-0.1, -0.05) is 30.3 Å². The first-order valence-electron chi connectivity index (χ1n) is 12.0. The van der Waals surface area contributed by atoms with E-state index in [0.29, 0.717) is 18.8 Å². The van der Waals surface area contributed by atoms with Crippen LogP contribution < -0.4 is 0 Å².